The number of phosphoric acid groups is 2. The van der Waals surface area contributed by atoms with Gasteiger partial charge in [-0.2, -0.15) is 0 Å². The second-order valence-electron chi connectivity index (χ2n) is 16.2. The first kappa shape index (κ1) is 29.5. The lowest BCUT2D eigenvalue weighted by Crippen LogP contribution is -2.24. The van der Waals surface area contributed by atoms with Gasteiger partial charge in [0.25, 0.3) is 0 Å². The van der Waals surface area contributed by atoms with Crippen LogP contribution in [0.25, 0.3) is 0 Å². The summed E-state index contributed by atoms with van der Waals surface area (Å²) in [5, 5.41) is 0. The monoisotopic (exact) mass is 722 g/mol. The molecule has 0 saturated heterocycles. The molecule has 0 fully saturated rings. The van der Waals surface area contributed by atoms with E-state index in [9.17, 15) is 28.7 Å². The van der Waals surface area contributed by atoms with Crippen molar-refractivity contribution in [3.8, 4) is 11.5 Å². The molecule has 0 heterocycles. The Morgan fingerprint density at radius 1 is 0.385 bits per heavy atom. The van der Waals surface area contributed by atoms with Crippen molar-refractivity contribution in [1.82, 2.24) is 0 Å². The SMILES string of the molecule is O=P([O-])([O-])Oc1c2c(c(OP(=O)([O-])[O-])c3c1[C@H]1C[C@@H]3c3cc4c(cc31)[C@H]1C[C@@H]4c3ccccc31)[C@H]1C[C@@H]2c2cc3c(cc21)[C@H]1C[C@@H]3c2ccccc21. The van der Waals surface area contributed by atoms with Crippen molar-refractivity contribution >= 4 is 15.6 Å². The minimum absolute atomic E-state index is 0.0216. The summed E-state index contributed by atoms with van der Waals surface area (Å²) in [5.41, 5.74) is 16.6. The lowest BCUT2D eigenvalue weighted by Gasteiger charge is -2.39. The highest BCUT2D eigenvalue weighted by molar-refractivity contribution is 7.43. The molecule has 0 unspecified atom stereocenters. The van der Waals surface area contributed by atoms with Gasteiger partial charge < -0.3 is 37.8 Å². The van der Waals surface area contributed by atoms with Crippen molar-refractivity contribution in [2.24, 2.45) is 0 Å². The average Bonchev–Trinajstić information content (AvgIpc) is 3.98. The molecule has 8 atom stereocenters. The molecule has 0 spiro atoms. The van der Waals surface area contributed by atoms with E-state index in [4.69, 9.17) is 9.05 Å². The first-order valence-corrected chi connectivity index (χ1v) is 21.1. The molecule has 5 aromatic carbocycles. The van der Waals surface area contributed by atoms with E-state index in [1.807, 2.05) is 0 Å². The maximum atomic E-state index is 12.6. The minimum atomic E-state index is -5.56. The summed E-state index contributed by atoms with van der Waals surface area (Å²) < 4.78 is 36.3. The molecule has 258 valence electrons. The average molecular weight is 723 g/mol. The van der Waals surface area contributed by atoms with E-state index in [0.29, 0.717) is 35.1 Å². The van der Waals surface area contributed by atoms with Crippen molar-refractivity contribution in [2.75, 3.05) is 0 Å². The smallest absolute Gasteiger partial charge is 0.132 e. The number of hydrogen-bond donors (Lipinski definition) is 0. The Labute approximate surface area is 298 Å². The Balaban J connectivity index is 1.03. The second kappa shape index (κ2) is 9.19. The Bertz CT molecular complexity index is 2340. The number of rotatable bonds is 4. The van der Waals surface area contributed by atoms with Crippen LogP contribution in [-0.4, -0.2) is 0 Å². The van der Waals surface area contributed by atoms with Crippen LogP contribution in [0.3, 0.4) is 0 Å². The summed E-state index contributed by atoms with van der Waals surface area (Å²) in [5.74, 6) is -0.203. The van der Waals surface area contributed by atoms with E-state index >= 15 is 0 Å². The maximum absolute atomic E-state index is 12.6. The molecule has 0 N–H and O–H groups in total. The fourth-order valence-electron chi connectivity index (χ4n) is 12.9. The van der Waals surface area contributed by atoms with Crippen LogP contribution in [0.1, 0.15) is 162 Å². The predicted octanol–water partition coefficient (Wildman–Crippen LogP) is 6.03. The van der Waals surface area contributed by atoms with Gasteiger partial charge in [-0.3, -0.25) is 0 Å². The molecule has 8 nitrogen and oxygen atoms in total. The zero-order valence-corrected chi connectivity index (χ0v) is 29.3. The van der Waals surface area contributed by atoms with Crippen LogP contribution in [0.15, 0.2) is 72.8 Å². The van der Waals surface area contributed by atoms with Crippen LogP contribution in [0.2, 0.25) is 0 Å². The molecule has 0 aliphatic heterocycles. The van der Waals surface area contributed by atoms with Crippen LogP contribution >= 0.6 is 15.6 Å². The van der Waals surface area contributed by atoms with Crippen molar-refractivity contribution in [3.05, 3.63) is 162 Å². The first-order valence-electron chi connectivity index (χ1n) is 18.2. The molecule has 13 rings (SSSR count). The van der Waals surface area contributed by atoms with Gasteiger partial charge in [-0.1, -0.05) is 72.8 Å². The molecule has 8 aliphatic carbocycles. The van der Waals surface area contributed by atoms with E-state index in [1.165, 1.54) is 44.5 Å². The summed E-state index contributed by atoms with van der Waals surface area (Å²) in [6.45, 7) is 0. The Morgan fingerprint density at radius 2 is 0.615 bits per heavy atom. The van der Waals surface area contributed by atoms with Gasteiger partial charge in [0.1, 0.15) is 27.1 Å². The van der Waals surface area contributed by atoms with Crippen LogP contribution in [-0.2, 0) is 9.13 Å². The van der Waals surface area contributed by atoms with Gasteiger partial charge in [-0.05, 0) is 92.4 Å². The fraction of sp³-hybridized carbons (Fsp3) is 0.286. The van der Waals surface area contributed by atoms with Crippen molar-refractivity contribution < 1.29 is 37.8 Å². The molecule has 0 amide bonds. The Hall–Kier alpha value is -4.00. The van der Waals surface area contributed by atoms with Crippen molar-refractivity contribution in [3.63, 3.8) is 0 Å². The molecule has 8 bridgehead atoms. The standard InChI is InChI=1S/C42H32O8P2/c43-51(44,45)49-41-37-33-15-34(30-12-26-22-9-21(25(26)11-29(30)33)17-5-1-2-6-18(17)22)38(37)42(50-52(46,47)48)40-36-16-35(39(40)41)31-13-27-23-10-24(28(27)14-32(31)36)20-8-4-3-7-19(20)23/h1-8,11-14,21-24,33-36H,9-10,15-16H2,(H2,43,44,45)(H2,46,47,48)/p-4/t21-,22+,23+,24-,33-,34+,35+,36-. The first-order chi connectivity index (χ1) is 25.0. The third-order valence-corrected chi connectivity index (χ3v) is 15.1. The second-order valence-corrected chi connectivity index (χ2v) is 18.4. The van der Waals surface area contributed by atoms with Crippen molar-refractivity contribution in [2.45, 2.75) is 73.0 Å². The van der Waals surface area contributed by atoms with E-state index in [1.54, 1.807) is 0 Å². The van der Waals surface area contributed by atoms with Crippen LogP contribution in [0, 0.1) is 0 Å². The summed E-state index contributed by atoms with van der Waals surface area (Å²) in [4.78, 5) is 50.4. The van der Waals surface area contributed by atoms with Gasteiger partial charge in [-0.25, -0.2) is 0 Å². The van der Waals surface area contributed by atoms with Crippen molar-refractivity contribution in [1.29, 1.82) is 0 Å². The highest BCUT2D eigenvalue weighted by Gasteiger charge is 2.55. The minimum Gasteiger partial charge on any atom is -0.780 e. The van der Waals surface area contributed by atoms with Crippen LogP contribution in [0.5, 0.6) is 11.5 Å². The molecule has 0 saturated carbocycles. The largest absolute Gasteiger partial charge is 0.780 e. The molecule has 8 aliphatic rings. The lowest BCUT2D eigenvalue weighted by atomic mass is 9.74. The molecular weight excluding hydrogens is 694 g/mol. The number of fused-ring (bicyclic) bond motifs is 32. The highest BCUT2D eigenvalue weighted by atomic mass is 31.2. The van der Waals surface area contributed by atoms with Crippen LogP contribution < -0.4 is 28.6 Å². The van der Waals surface area contributed by atoms with Gasteiger partial charge >= 0.3 is 0 Å². The molecule has 0 aromatic heterocycles. The Kier molecular flexibility index (Phi) is 5.21. The fourth-order valence-corrected chi connectivity index (χ4v) is 13.7. The molecule has 10 heteroatoms. The quantitative estimate of drug-likeness (QED) is 0.205. The summed E-state index contributed by atoms with van der Waals surface area (Å²) in [7, 11) is -11.1. The summed E-state index contributed by atoms with van der Waals surface area (Å²) in [6, 6.07) is 26.2. The third kappa shape index (κ3) is 3.46. The Morgan fingerprint density at radius 3 is 0.865 bits per heavy atom. The predicted molar refractivity (Wildman–Crippen MR) is 182 cm³/mol. The van der Waals surface area contributed by atoms with E-state index in [-0.39, 0.29) is 58.8 Å². The van der Waals surface area contributed by atoms with Gasteiger partial charge in [0, 0.05) is 69.6 Å². The zero-order chi connectivity index (χ0) is 34.7. The summed E-state index contributed by atoms with van der Waals surface area (Å²) >= 11 is 0. The summed E-state index contributed by atoms with van der Waals surface area (Å²) in [6.07, 6.45) is 3.10. The van der Waals surface area contributed by atoms with Gasteiger partial charge in [0.2, 0.25) is 0 Å². The molecule has 52 heavy (non-hydrogen) atoms. The molecular formula is C42H28O8P2-4. The number of benzene rings is 5. The van der Waals surface area contributed by atoms with Crippen LogP contribution in [0.4, 0.5) is 0 Å². The van der Waals surface area contributed by atoms with E-state index < -0.39 is 15.6 Å². The van der Waals surface area contributed by atoms with Gasteiger partial charge in [0.05, 0.1) is 0 Å². The molecule has 5 aromatic rings. The van der Waals surface area contributed by atoms with E-state index in [2.05, 4.69) is 72.8 Å². The third-order valence-electron chi connectivity index (χ3n) is 14.3. The number of hydrogen-bond acceptors (Lipinski definition) is 8. The zero-order valence-electron chi connectivity index (χ0n) is 27.5. The normalized spacial score (nSPS) is 29.0. The van der Waals surface area contributed by atoms with Gasteiger partial charge in [0.15, 0.2) is 0 Å². The van der Waals surface area contributed by atoms with Gasteiger partial charge in [-0.15, -0.1) is 0 Å². The van der Waals surface area contributed by atoms with E-state index in [0.717, 1.165) is 35.1 Å². The number of phosphoric ester groups is 2. The highest BCUT2D eigenvalue weighted by Crippen LogP contribution is 2.72. The topological polar surface area (TPSA) is 145 Å². The lowest BCUT2D eigenvalue weighted by molar-refractivity contribution is -0.336. The molecule has 0 radical (unpaired) electrons. The maximum Gasteiger partial charge on any atom is 0.132 e.